The van der Waals surface area contributed by atoms with Crippen molar-refractivity contribution in [2.75, 3.05) is 20.0 Å². The average molecular weight is 294 g/mol. The molecule has 0 heterocycles. The fourth-order valence-corrected chi connectivity index (χ4v) is 1.83. The monoisotopic (exact) mass is 293 g/mol. The van der Waals surface area contributed by atoms with Gasteiger partial charge in [-0.05, 0) is 17.7 Å². The minimum absolute atomic E-state index is 0.387. The largest absolute Gasteiger partial charge is 0.496 e. The number of nitrogen functional groups attached to an aromatic ring is 1. The zero-order chi connectivity index (χ0) is 14.5. The van der Waals surface area contributed by atoms with Crippen molar-refractivity contribution >= 4 is 17.3 Å². The lowest BCUT2D eigenvalue weighted by atomic mass is 10.2. The lowest BCUT2D eigenvalue weighted by Crippen LogP contribution is -1.98. The summed E-state index contributed by atoms with van der Waals surface area (Å²) in [5, 5.41) is 0.539. The minimum Gasteiger partial charge on any atom is -0.496 e. The predicted molar refractivity (Wildman–Crippen MR) is 79.7 cm³/mol. The minimum atomic E-state index is 0.387. The summed E-state index contributed by atoms with van der Waals surface area (Å²) in [6.07, 6.45) is 0. The first-order chi connectivity index (χ1) is 9.62. The second-order valence-corrected chi connectivity index (χ2v) is 4.60. The van der Waals surface area contributed by atoms with Gasteiger partial charge in [0, 0.05) is 18.2 Å². The molecular weight excluding hydrogens is 278 g/mol. The Labute approximate surface area is 123 Å². The number of nitrogens with two attached hydrogens (primary N) is 1. The van der Waals surface area contributed by atoms with Crippen molar-refractivity contribution in [1.82, 2.24) is 0 Å². The summed E-state index contributed by atoms with van der Waals surface area (Å²) in [7, 11) is 3.19. The van der Waals surface area contributed by atoms with Gasteiger partial charge in [0.15, 0.2) is 0 Å². The van der Waals surface area contributed by atoms with Gasteiger partial charge >= 0.3 is 0 Å². The van der Waals surface area contributed by atoms with Gasteiger partial charge in [-0.25, -0.2) is 0 Å². The molecule has 0 amide bonds. The van der Waals surface area contributed by atoms with Gasteiger partial charge < -0.3 is 19.9 Å². The summed E-state index contributed by atoms with van der Waals surface area (Å²) in [6, 6.07) is 10.8. The zero-order valence-corrected chi connectivity index (χ0v) is 12.1. The molecule has 4 nitrogen and oxygen atoms in total. The van der Waals surface area contributed by atoms with E-state index in [0.717, 1.165) is 5.56 Å². The molecule has 0 aliphatic heterocycles. The van der Waals surface area contributed by atoms with E-state index in [-0.39, 0.29) is 0 Å². The summed E-state index contributed by atoms with van der Waals surface area (Å²) in [4.78, 5) is 0. The molecule has 2 N–H and O–H groups in total. The Morgan fingerprint density at radius 1 is 0.950 bits per heavy atom. The van der Waals surface area contributed by atoms with Crippen LogP contribution in [-0.4, -0.2) is 14.2 Å². The SMILES string of the molecule is COc1cc(OC)cc(OCc2ccc(Cl)c(N)c2)c1. The Kier molecular flexibility index (Phi) is 4.58. The van der Waals surface area contributed by atoms with E-state index in [2.05, 4.69) is 0 Å². The number of methoxy groups -OCH3 is 2. The maximum atomic E-state index is 5.88. The van der Waals surface area contributed by atoms with Crippen LogP contribution >= 0.6 is 11.6 Å². The van der Waals surface area contributed by atoms with E-state index in [1.54, 1.807) is 44.6 Å². The Morgan fingerprint density at radius 2 is 1.55 bits per heavy atom. The quantitative estimate of drug-likeness (QED) is 0.857. The fraction of sp³-hybridized carbons (Fsp3) is 0.200. The number of rotatable bonds is 5. The number of halogens is 1. The molecular formula is C15H16ClNO3. The van der Waals surface area contributed by atoms with Crippen LogP contribution in [0.2, 0.25) is 5.02 Å². The Morgan fingerprint density at radius 3 is 2.10 bits per heavy atom. The first kappa shape index (κ1) is 14.3. The van der Waals surface area contributed by atoms with E-state index in [0.29, 0.717) is 34.6 Å². The van der Waals surface area contributed by atoms with E-state index < -0.39 is 0 Å². The molecule has 0 unspecified atom stereocenters. The van der Waals surface area contributed by atoms with Gasteiger partial charge in [-0.15, -0.1) is 0 Å². The molecule has 0 saturated carbocycles. The maximum Gasteiger partial charge on any atom is 0.127 e. The fourth-order valence-electron chi connectivity index (χ4n) is 1.71. The van der Waals surface area contributed by atoms with E-state index in [9.17, 15) is 0 Å². The number of anilines is 1. The third-order valence-corrected chi connectivity index (χ3v) is 3.14. The highest BCUT2D eigenvalue weighted by atomic mass is 35.5. The van der Waals surface area contributed by atoms with E-state index in [1.807, 2.05) is 6.07 Å². The van der Waals surface area contributed by atoms with Crippen molar-refractivity contribution in [2.24, 2.45) is 0 Å². The van der Waals surface area contributed by atoms with Crippen LogP contribution < -0.4 is 19.9 Å². The average Bonchev–Trinajstić information content (AvgIpc) is 2.48. The van der Waals surface area contributed by atoms with Crippen molar-refractivity contribution in [3.05, 3.63) is 47.0 Å². The third kappa shape index (κ3) is 3.48. The van der Waals surface area contributed by atoms with Crippen LogP contribution in [0.25, 0.3) is 0 Å². The van der Waals surface area contributed by atoms with Crippen LogP contribution in [0.15, 0.2) is 36.4 Å². The molecule has 0 aliphatic carbocycles. The van der Waals surface area contributed by atoms with Crippen molar-refractivity contribution in [1.29, 1.82) is 0 Å². The first-order valence-corrected chi connectivity index (χ1v) is 6.40. The number of benzene rings is 2. The van der Waals surface area contributed by atoms with Crippen LogP contribution in [0.5, 0.6) is 17.2 Å². The molecule has 0 radical (unpaired) electrons. The molecule has 2 aromatic carbocycles. The maximum absolute atomic E-state index is 5.88. The summed E-state index contributed by atoms with van der Waals surface area (Å²) in [6.45, 7) is 0.387. The number of hydrogen-bond donors (Lipinski definition) is 1. The molecule has 2 aromatic rings. The summed E-state index contributed by atoms with van der Waals surface area (Å²) in [5.74, 6) is 2.01. The van der Waals surface area contributed by atoms with Crippen LogP contribution in [0.1, 0.15) is 5.56 Å². The van der Waals surface area contributed by atoms with E-state index >= 15 is 0 Å². The van der Waals surface area contributed by atoms with E-state index in [1.165, 1.54) is 0 Å². The van der Waals surface area contributed by atoms with Crippen molar-refractivity contribution in [3.63, 3.8) is 0 Å². The van der Waals surface area contributed by atoms with Gasteiger partial charge in [0.05, 0.1) is 24.9 Å². The van der Waals surface area contributed by atoms with Crippen molar-refractivity contribution in [3.8, 4) is 17.2 Å². The molecule has 0 fully saturated rings. The van der Waals surface area contributed by atoms with Gasteiger partial charge in [0.1, 0.15) is 23.9 Å². The van der Waals surface area contributed by atoms with Crippen LogP contribution in [0.4, 0.5) is 5.69 Å². The summed E-state index contributed by atoms with van der Waals surface area (Å²) < 4.78 is 16.1. The van der Waals surface area contributed by atoms with E-state index in [4.69, 9.17) is 31.5 Å². The lowest BCUT2D eigenvalue weighted by molar-refractivity contribution is 0.300. The van der Waals surface area contributed by atoms with Crippen molar-refractivity contribution in [2.45, 2.75) is 6.61 Å². The van der Waals surface area contributed by atoms with Gasteiger partial charge in [-0.3, -0.25) is 0 Å². The van der Waals surface area contributed by atoms with Gasteiger partial charge in [-0.2, -0.15) is 0 Å². The highest BCUT2D eigenvalue weighted by Crippen LogP contribution is 2.28. The molecule has 0 aromatic heterocycles. The summed E-state index contributed by atoms with van der Waals surface area (Å²) >= 11 is 5.88. The van der Waals surface area contributed by atoms with Gasteiger partial charge in [0.25, 0.3) is 0 Å². The number of hydrogen-bond acceptors (Lipinski definition) is 4. The molecule has 0 saturated heterocycles. The second kappa shape index (κ2) is 6.39. The second-order valence-electron chi connectivity index (χ2n) is 4.19. The number of ether oxygens (including phenoxy) is 3. The standard InChI is InChI=1S/C15H16ClNO3/c1-18-11-6-12(19-2)8-13(7-11)20-9-10-3-4-14(16)15(17)5-10/h3-8H,9,17H2,1-2H3. The highest BCUT2D eigenvalue weighted by Gasteiger charge is 2.04. The topological polar surface area (TPSA) is 53.7 Å². The molecule has 0 spiro atoms. The first-order valence-electron chi connectivity index (χ1n) is 6.02. The Balaban J connectivity index is 2.11. The smallest absolute Gasteiger partial charge is 0.127 e. The molecule has 20 heavy (non-hydrogen) atoms. The summed E-state index contributed by atoms with van der Waals surface area (Å²) in [5.41, 5.74) is 7.23. The molecule has 0 bridgehead atoms. The molecule has 106 valence electrons. The van der Waals surface area contributed by atoms with Crippen molar-refractivity contribution < 1.29 is 14.2 Å². The normalized spacial score (nSPS) is 10.2. The predicted octanol–water partition coefficient (Wildman–Crippen LogP) is 3.52. The third-order valence-electron chi connectivity index (χ3n) is 2.79. The Hall–Kier alpha value is -2.07. The van der Waals surface area contributed by atoms with Gasteiger partial charge in [0.2, 0.25) is 0 Å². The zero-order valence-electron chi connectivity index (χ0n) is 11.4. The Bertz CT molecular complexity index is 579. The van der Waals surface area contributed by atoms with Gasteiger partial charge in [-0.1, -0.05) is 17.7 Å². The molecule has 5 heteroatoms. The van der Waals surface area contributed by atoms with Crippen LogP contribution in [0.3, 0.4) is 0 Å². The highest BCUT2D eigenvalue weighted by molar-refractivity contribution is 6.33. The van der Waals surface area contributed by atoms with Crippen LogP contribution in [-0.2, 0) is 6.61 Å². The molecule has 0 aliphatic rings. The lowest BCUT2D eigenvalue weighted by Gasteiger charge is -2.11. The van der Waals surface area contributed by atoms with Crippen LogP contribution in [0, 0.1) is 0 Å². The molecule has 0 atom stereocenters. The molecule has 2 rings (SSSR count).